The van der Waals surface area contributed by atoms with Crippen molar-refractivity contribution in [3.05, 3.63) is 65.2 Å². The van der Waals surface area contributed by atoms with Crippen LogP contribution in [0.15, 0.2) is 48.5 Å². The summed E-state index contributed by atoms with van der Waals surface area (Å²) in [6.07, 6.45) is 6.34. The molecule has 0 saturated heterocycles. The van der Waals surface area contributed by atoms with Gasteiger partial charge in [-0.25, -0.2) is 0 Å². The van der Waals surface area contributed by atoms with Crippen molar-refractivity contribution in [1.29, 1.82) is 0 Å². The summed E-state index contributed by atoms with van der Waals surface area (Å²) in [5, 5.41) is 7.00. The number of carbonyl (C=O) groups excluding carboxylic acids is 1. The van der Waals surface area contributed by atoms with Crippen LogP contribution in [0.5, 0.6) is 0 Å². The molecule has 0 unspecified atom stereocenters. The third kappa shape index (κ3) is 2.51. The van der Waals surface area contributed by atoms with Gasteiger partial charge in [-0.2, -0.15) is 0 Å². The smallest absolute Gasteiger partial charge is 0.251 e. The van der Waals surface area contributed by atoms with Gasteiger partial charge in [0.1, 0.15) is 0 Å². The highest BCUT2D eigenvalue weighted by atomic mass is 16.1. The van der Waals surface area contributed by atoms with E-state index in [0.717, 1.165) is 30.2 Å². The number of benzene rings is 2. The van der Waals surface area contributed by atoms with Gasteiger partial charge in [0.25, 0.3) is 5.91 Å². The van der Waals surface area contributed by atoms with Gasteiger partial charge in [-0.15, -0.1) is 0 Å². The maximum atomic E-state index is 12.6. The zero-order valence-electron chi connectivity index (χ0n) is 15.5. The van der Waals surface area contributed by atoms with E-state index in [0.29, 0.717) is 23.9 Å². The molecule has 1 amide bonds. The maximum absolute atomic E-state index is 12.6. The fraction of sp³-hybridized carbons (Fsp3) is 0.458. The van der Waals surface area contributed by atoms with Crippen molar-refractivity contribution in [1.82, 2.24) is 5.32 Å². The number of carbonyl (C=O) groups is 1. The van der Waals surface area contributed by atoms with Crippen LogP contribution in [-0.2, 0) is 0 Å². The Morgan fingerprint density at radius 1 is 0.963 bits per heavy atom. The zero-order valence-corrected chi connectivity index (χ0v) is 15.5. The lowest BCUT2D eigenvalue weighted by atomic mass is 9.68. The summed E-state index contributed by atoms with van der Waals surface area (Å²) >= 11 is 0. The van der Waals surface area contributed by atoms with Crippen LogP contribution in [0.25, 0.3) is 0 Å². The highest BCUT2D eigenvalue weighted by Gasteiger charge is 2.53. The second-order valence-corrected chi connectivity index (χ2v) is 9.02. The van der Waals surface area contributed by atoms with Gasteiger partial charge in [0, 0.05) is 17.3 Å². The fourth-order valence-electron chi connectivity index (χ4n) is 6.11. The Kier molecular flexibility index (Phi) is 3.41. The fourth-order valence-corrected chi connectivity index (χ4v) is 6.11. The summed E-state index contributed by atoms with van der Waals surface area (Å²) in [5.41, 5.74) is 4.87. The first-order valence-corrected chi connectivity index (χ1v) is 10.5. The highest BCUT2D eigenvalue weighted by molar-refractivity contribution is 5.95. The predicted octanol–water partition coefficient (Wildman–Crippen LogP) is 4.88. The van der Waals surface area contributed by atoms with Crippen molar-refractivity contribution in [2.24, 2.45) is 17.8 Å². The van der Waals surface area contributed by atoms with Crippen molar-refractivity contribution in [3.63, 3.8) is 0 Å². The molecule has 3 nitrogen and oxygen atoms in total. The highest BCUT2D eigenvalue weighted by Crippen LogP contribution is 2.63. The Morgan fingerprint density at radius 2 is 1.78 bits per heavy atom. The molecule has 1 heterocycles. The van der Waals surface area contributed by atoms with Crippen LogP contribution in [0.2, 0.25) is 0 Å². The standard InChI is InChI=1S/C24H26N2O/c27-24(25-18-9-10-18)17-8-11-20-19(13-17)21-15-6-7-16(12-15)22(21)23(26-20)14-4-2-1-3-5-14/h1-5,8,11,13,15-16,18,21-23,26H,6-7,9-10,12H2,(H,25,27)/t15-,16-,21+,22+,23+/m1/s1. The third-order valence-corrected chi connectivity index (χ3v) is 7.42. The van der Waals surface area contributed by atoms with Crippen molar-refractivity contribution in [2.45, 2.75) is 50.1 Å². The van der Waals surface area contributed by atoms with Gasteiger partial charge >= 0.3 is 0 Å². The van der Waals surface area contributed by atoms with Gasteiger partial charge in [-0.1, -0.05) is 30.3 Å². The molecule has 2 N–H and O–H groups in total. The molecule has 5 atom stereocenters. The van der Waals surface area contributed by atoms with Gasteiger partial charge in [0.2, 0.25) is 0 Å². The lowest BCUT2D eigenvalue weighted by molar-refractivity contribution is 0.0951. The quantitative estimate of drug-likeness (QED) is 0.821. The third-order valence-electron chi connectivity index (χ3n) is 7.42. The van der Waals surface area contributed by atoms with E-state index >= 15 is 0 Å². The molecule has 27 heavy (non-hydrogen) atoms. The first-order valence-electron chi connectivity index (χ1n) is 10.5. The van der Waals surface area contributed by atoms with Gasteiger partial charge in [0.15, 0.2) is 0 Å². The van der Waals surface area contributed by atoms with Crippen molar-refractivity contribution >= 4 is 11.6 Å². The molecule has 4 aliphatic rings. The molecule has 3 heteroatoms. The summed E-state index contributed by atoms with van der Waals surface area (Å²) in [6, 6.07) is 18.1. The summed E-state index contributed by atoms with van der Waals surface area (Å²) in [7, 11) is 0. The van der Waals surface area contributed by atoms with E-state index in [-0.39, 0.29) is 5.91 Å². The van der Waals surface area contributed by atoms with Gasteiger partial charge in [-0.3, -0.25) is 4.79 Å². The maximum Gasteiger partial charge on any atom is 0.251 e. The van der Waals surface area contributed by atoms with E-state index < -0.39 is 0 Å². The monoisotopic (exact) mass is 358 g/mol. The van der Waals surface area contributed by atoms with E-state index in [1.165, 1.54) is 36.1 Å². The number of fused-ring (bicyclic) bond motifs is 7. The Labute approximate surface area is 160 Å². The number of amides is 1. The molecular formula is C24H26N2O. The molecule has 3 saturated carbocycles. The van der Waals surface area contributed by atoms with Crippen LogP contribution in [0, 0.1) is 17.8 Å². The molecule has 3 fully saturated rings. The van der Waals surface area contributed by atoms with Gasteiger partial charge in [-0.05, 0) is 85.1 Å². The van der Waals surface area contributed by atoms with E-state index in [4.69, 9.17) is 0 Å². The lowest BCUT2D eigenvalue weighted by Gasteiger charge is -2.43. The Bertz CT molecular complexity index is 889. The molecule has 0 spiro atoms. The topological polar surface area (TPSA) is 41.1 Å². The Morgan fingerprint density at radius 3 is 2.59 bits per heavy atom. The zero-order chi connectivity index (χ0) is 18.0. The number of hydrogen-bond donors (Lipinski definition) is 2. The SMILES string of the molecule is O=C(NC1CC1)c1ccc2c(c1)[C@@H]1[C@@H]3CC[C@H](C3)[C@@H]1[C@H](c1ccccc1)N2. The number of rotatable bonds is 3. The number of nitrogens with one attached hydrogen (secondary N) is 2. The molecule has 1 aliphatic heterocycles. The predicted molar refractivity (Wildman–Crippen MR) is 107 cm³/mol. The first kappa shape index (κ1) is 15.7. The molecule has 0 radical (unpaired) electrons. The van der Waals surface area contributed by atoms with E-state index in [2.05, 4.69) is 53.1 Å². The van der Waals surface area contributed by atoms with Crippen molar-refractivity contribution in [3.8, 4) is 0 Å². The van der Waals surface area contributed by atoms with Crippen molar-refractivity contribution in [2.75, 3.05) is 5.32 Å². The second kappa shape index (κ2) is 5.85. The molecule has 2 aromatic rings. The largest absolute Gasteiger partial charge is 0.378 e. The second-order valence-electron chi connectivity index (χ2n) is 9.02. The molecule has 2 bridgehead atoms. The molecule has 138 valence electrons. The van der Waals surface area contributed by atoms with Crippen LogP contribution in [0.1, 0.15) is 65.5 Å². The van der Waals surface area contributed by atoms with Gasteiger partial charge in [0.05, 0.1) is 6.04 Å². The lowest BCUT2D eigenvalue weighted by Crippen LogP contribution is -2.35. The van der Waals surface area contributed by atoms with Gasteiger partial charge < -0.3 is 10.6 Å². The molecule has 6 rings (SSSR count). The normalized spacial score (nSPS) is 33.1. The van der Waals surface area contributed by atoms with E-state index in [1.54, 1.807) is 0 Å². The molecule has 3 aliphatic carbocycles. The van der Waals surface area contributed by atoms with E-state index in [9.17, 15) is 4.79 Å². The summed E-state index contributed by atoms with van der Waals surface area (Å²) in [5.74, 6) is 2.95. The summed E-state index contributed by atoms with van der Waals surface area (Å²) in [6.45, 7) is 0. The van der Waals surface area contributed by atoms with Crippen LogP contribution >= 0.6 is 0 Å². The minimum Gasteiger partial charge on any atom is -0.378 e. The minimum atomic E-state index is 0.102. The molecular weight excluding hydrogens is 332 g/mol. The molecule has 0 aromatic heterocycles. The Balaban J connectivity index is 1.40. The number of hydrogen-bond acceptors (Lipinski definition) is 2. The van der Waals surface area contributed by atoms with Crippen LogP contribution in [0.3, 0.4) is 0 Å². The van der Waals surface area contributed by atoms with Crippen LogP contribution in [-0.4, -0.2) is 11.9 Å². The number of anilines is 1. The van der Waals surface area contributed by atoms with Crippen LogP contribution in [0.4, 0.5) is 5.69 Å². The van der Waals surface area contributed by atoms with Crippen molar-refractivity contribution < 1.29 is 4.79 Å². The Hall–Kier alpha value is -2.29. The average molecular weight is 358 g/mol. The summed E-state index contributed by atoms with van der Waals surface area (Å²) in [4.78, 5) is 12.6. The average Bonchev–Trinajstić information content (AvgIpc) is 3.28. The van der Waals surface area contributed by atoms with E-state index in [1.807, 2.05) is 6.07 Å². The van der Waals surface area contributed by atoms with Crippen LogP contribution < -0.4 is 10.6 Å². The first-order chi connectivity index (χ1) is 13.3. The molecule has 2 aromatic carbocycles. The summed E-state index contributed by atoms with van der Waals surface area (Å²) < 4.78 is 0. The minimum absolute atomic E-state index is 0.102.